The number of aromatic amines is 1. The first-order valence-corrected chi connectivity index (χ1v) is 11.6. The normalized spacial score (nSPS) is 21.6. The van der Waals surface area contributed by atoms with E-state index in [0.717, 1.165) is 52.2 Å². The Labute approximate surface area is 198 Å². The Morgan fingerprint density at radius 3 is 2.50 bits per heavy atom. The Kier molecular flexibility index (Phi) is 5.75. The second-order valence-corrected chi connectivity index (χ2v) is 9.03. The van der Waals surface area contributed by atoms with Crippen LogP contribution in [0, 0.1) is 18.8 Å². The van der Waals surface area contributed by atoms with Crippen LogP contribution in [-0.2, 0) is 4.79 Å². The highest BCUT2D eigenvalue weighted by Gasteiger charge is 2.35. The number of carboxylic acids is 1. The number of aryl methyl sites for hydroxylation is 1. The summed E-state index contributed by atoms with van der Waals surface area (Å²) in [6, 6.07) is 14.1. The second-order valence-electron chi connectivity index (χ2n) is 9.03. The fraction of sp³-hybridized carbons (Fsp3) is 0.308. The molecule has 0 atom stereocenters. The van der Waals surface area contributed by atoms with Crippen LogP contribution in [0.5, 0.6) is 0 Å². The number of aliphatic carboxylic acids is 1. The van der Waals surface area contributed by atoms with Crippen molar-refractivity contribution >= 4 is 23.1 Å². The number of hydrogen-bond acceptors (Lipinski definition) is 6. The fourth-order valence-electron chi connectivity index (χ4n) is 4.93. The zero-order valence-corrected chi connectivity index (χ0v) is 19.3. The minimum absolute atomic E-state index is 0.167. The van der Waals surface area contributed by atoms with E-state index in [-0.39, 0.29) is 11.8 Å². The molecule has 2 aliphatic rings. The van der Waals surface area contributed by atoms with Crippen LogP contribution in [0.4, 0.5) is 5.82 Å². The Hall–Kier alpha value is -3.78. The van der Waals surface area contributed by atoms with Crippen LogP contribution in [0.15, 0.2) is 59.5 Å². The van der Waals surface area contributed by atoms with Gasteiger partial charge in [-0.05, 0) is 51.2 Å². The number of carbonyl (C=O) groups is 1. The van der Waals surface area contributed by atoms with Gasteiger partial charge in [0, 0.05) is 23.3 Å². The first-order chi connectivity index (χ1) is 16.4. The van der Waals surface area contributed by atoms with Gasteiger partial charge in [-0.2, -0.15) is 5.10 Å². The summed E-state index contributed by atoms with van der Waals surface area (Å²) in [7, 11) is 0. The van der Waals surface area contributed by atoms with E-state index in [4.69, 9.17) is 10.8 Å². The van der Waals surface area contributed by atoms with E-state index < -0.39 is 5.97 Å². The maximum atomic E-state index is 11.4. The number of nitrogens with one attached hydrogen (secondary N) is 1. The molecule has 3 heterocycles. The zero-order valence-electron chi connectivity index (χ0n) is 19.3. The maximum Gasteiger partial charge on any atom is 0.306 e. The number of nitrogens with two attached hydrogens (primary N) is 1. The molecular formula is C26H28N6O2. The summed E-state index contributed by atoms with van der Waals surface area (Å²) in [5.74, 6) is 7.05. The highest BCUT2D eigenvalue weighted by atomic mass is 16.4. The number of pyridine rings is 1. The van der Waals surface area contributed by atoms with Crippen LogP contribution in [0.3, 0.4) is 0 Å². The third-order valence-corrected chi connectivity index (χ3v) is 6.94. The molecule has 3 aromatic rings. The number of nitrogens with zero attached hydrogens (tertiary/aromatic N) is 4. The summed E-state index contributed by atoms with van der Waals surface area (Å²) >= 11 is 0. The van der Waals surface area contributed by atoms with Gasteiger partial charge in [-0.25, -0.2) is 15.8 Å². The Morgan fingerprint density at radius 1 is 1.12 bits per heavy atom. The number of H-pyrrole nitrogens is 1. The molecule has 5 rings (SSSR count). The summed E-state index contributed by atoms with van der Waals surface area (Å²) in [4.78, 5) is 21.1. The molecule has 0 spiro atoms. The monoisotopic (exact) mass is 456 g/mol. The van der Waals surface area contributed by atoms with Gasteiger partial charge in [0.15, 0.2) is 11.6 Å². The number of benzene rings is 1. The van der Waals surface area contributed by atoms with Crippen molar-refractivity contribution in [1.29, 1.82) is 0 Å². The maximum absolute atomic E-state index is 11.4. The Balaban J connectivity index is 1.51. The van der Waals surface area contributed by atoms with Crippen molar-refractivity contribution in [2.45, 2.75) is 39.5 Å². The fourth-order valence-corrected chi connectivity index (χ4v) is 4.93. The summed E-state index contributed by atoms with van der Waals surface area (Å²) in [5, 5.41) is 18.4. The van der Waals surface area contributed by atoms with E-state index in [9.17, 15) is 9.90 Å². The molecule has 1 aliphatic heterocycles. The zero-order chi connectivity index (χ0) is 23.8. The lowest BCUT2D eigenvalue weighted by atomic mass is 9.78. The van der Waals surface area contributed by atoms with Gasteiger partial charge in [-0.3, -0.25) is 14.9 Å². The lowest BCUT2D eigenvalue weighted by Gasteiger charge is -2.32. The van der Waals surface area contributed by atoms with Crippen molar-refractivity contribution in [2.75, 3.05) is 5.01 Å². The standard InChI is InChI=1S/C26H28N6O2/c1-15(20-12-13-21(28-14-20)17-6-4-3-5-7-17)24-29-23(18-8-10-19(11-9-18)26(33)34)22-16(2)30-31-25(22)32(24)27/h3-7,12-14,18-19H,8-11,27H2,1-2H3,(H,30,31)(H,33,34)/b24-15+/t18-,19-. The molecule has 34 heavy (non-hydrogen) atoms. The number of anilines is 1. The summed E-state index contributed by atoms with van der Waals surface area (Å²) in [6.07, 6.45) is 4.72. The third-order valence-electron chi connectivity index (χ3n) is 6.94. The summed E-state index contributed by atoms with van der Waals surface area (Å²) < 4.78 is 0. The van der Waals surface area contributed by atoms with Crippen LogP contribution in [0.2, 0.25) is 0 Å². The molecule has 0 amide bonds. The van der Waals surface area contributed by atoms with Gasteiger partial charge in [-0.15, -0.1) is 0 Å². The predicted octanol–water partition coefficient (Wildman–Crippen LogP) is 4.54. The highest BCUT2D eigenvalue weighted by Crippen LogP contribution is 2.39. The Morgan fingerprint density at radius 2 is 1.85 bits per heavy atom. The van der Waals surface area contributed by atoms with Gasteiger partial charge in [0.25, 0.3) is 0 Å². The third kappa shape index (κ3) is 3.90. The number of aliphatic imine (C=N–C) groups is 1. The van der Waals surface area contributed by atoms with Crippen molar-refractivity contribution in [3.8, 4) is 11.3 Å². The first kappa shape index (κ1) is 22.0. The van der Waals surface area contributed by atoms with Crippen molar-refractivity contribution < 1.29 is 9.90 Å². The van der Waals surface area contributed by atoms with Gasteiger partial charge in [0.05, 0.1) is 28.6 Å². The van der Waals surface area contributed by atoms with Crippen LogP contribution < -0.4 is 10.9 Å². The molecule has 1 aromatic carbocycles. The van der Waals surface area contributed by atoms with Crippen molar-refractivity contribution in [3.63, 3.8) is 0 Å². The highest BCUT2D eigenvalue weighted by molar-refractivity contribution is 6.10. The van der Waals surface area contributed by atoms with Crippen LogP contribution in [-0.4, -0.2) is 32.0 Å². The van der Waals surface area contributed by atoms with E-state index >= 15 is 0 Å². The van der Waals surface area contributed by atoms with Crippen molar-refractivity contribution in [1.82, 2.24) is 15.2 Å². The molecule has 1 aliphatic carbocycles. The molecule has 0 radical (unpaired) electrons. The van der Waals surface area contributed by atoms with E-state index in [2.05, 4.69) is 15.2 Å². The molecule has 8 heteroatoms. The average Bonchev–Trinajstić information content (AvgIpc) is 3.27. The van der Waals surface area contributed by atoms with Crippen LogP contribution >= 0.6 is 0 Å². The molecule has 8 nitrogen and oxygen atoms in total. The van der Waals surface area contributed by atoms with Gasteiger partial charge in [0.1, 0.15) is 0 Å². The number of allylic oxidation sites excluding steroid dienone is 1. The lowest BCUT2D eigenvalue weighted by molar-refractivity contribution is -0.142. The van der Waals surface area contributed by atoms with Crippen LogP contribution in [0.1, 0.15) is 49.4 Å². The number of aromatic nitrogens is 3. The molecule has 0 saturated heterocycles. The minimum Gasteiger partial charge on any atom is -0.481 e. The molecule has 4 N–H and O–H groups in total. The largest absolute Gasteiger partial charge is 0.481 e. The van der Waals surface area contributed by atoms with E-state index in [1.165, 1.54) is 0 Å². The van der Waals surface area contributed by atoms with Gasteiger partial charge >= 0.3 is 5.97 Å². The SMILES string of the molecule is C/C(=C1/N=C([C@H]2CC[C@H](C(=O)O)CC2)c2c(C)n[nH]c2N1N)c1ccc(-c2ccccc2)nc1. The molecule has 0 bridgehead atoms. The first-order valence-electron chi connectivity index (χ1n) is 11.6. The second kappa shape index (κ2) is 8.87. The Bertz CT molecular complexity index is 1270. The summed E-state index contributed by atoms with van der Waals surface area (Å²) in [5.41, 5.74) is 6.51. The van der Waals surface area contributed by atoms with Crippen molar-refractivity contribution in [3.05, 3.63) is 71.3 Å². The van der Waals surface area contributed by atoms with E-state index in [0.29, 0.717) is 24.5 Å². The van der Waals surface area contributed by atoms with Crippen LogP contribution in [0.25, 0.3) is 16.8 Å². The molecular weight excluding hydrogens is 428 g/mol. The quantitative estimate of drug-likeness (QED) is 0.496. The smallest absolute Gasteiger partial charge is 0.306 e. The van der Waals surface area contributed by atoms with Gasteiger partial charge < -0.3 is 5.11 Å². The minimum atomic E-state index is -0.708. The topological polar surface area (TPSA) is 120 Å². The molecule has 2 aromatic heterocycles. The number of fused-ring (bicyclic) bond motifs is 1. The molecule has 1 saturated carbocycles. The average molecular weight is 457 g/mol. The number of hydrogen-bond donors (Lipinski definition) is 3. The van der Waals surface area contributed by atoms with Gasteiger partial charge in [-0.1, -0.05) is 36.4 Å². The summed E-state index contributed by atoms with van der Waals surface area (Å²) in [6.45, 7) is 3.93. The molecule has 0 unspecified atom stereocenters. The molecule has 1 fully saturated rings. The lowest BCUT2D eigenvalue weighted by Crippen LogP contribution is -2.37. The predicted molar refractivity (Wildman–Crippen MR) is 132 cm³/mol. The number of hydrazine groups is 1. The molecule has 174 valence electrons. The van der Waals surface area contributed by atoms with Crippen molar-refractivity contribution in [2.24, 2.45) is 22.7 Å². The van der Waals surface area contributed by atoms with E-state index in [1.807, 2.05) is 62.5 Å². The van der Waals surface area contributed by atoms with E-state index in [1.54, 1.807) is 5.01 Å². The number of rotatable bonds is 4. The van der Waals surface area contributed by atoms with Gasteiger partial charge in [0.2, 0.25) is 0 Å². The number of carboxylic acid groups (broad SMARTS) is 1.